The van der Waals surface area contributed by atoms with Crippen molar-refractivity contribution in [1.29, 1.82) is 0 Å². The molecule has 57 heavy (non-hydrogen) atoms. The Balaban J connectivity index is 0.000000168. The summed E-state index contributed by atoms with van der Waals surface area (Å²) >= 11 is 0. The summed E-state index contributed by atoms with van der Waals surface area (Å²) in [5.74, 6) is 5.56. The Kier molecular flexibility index (Phi) is 11.2. The minimum atomic E-state index is 0.343. The molecule has 2 aliphatic heterocycles. The number of likely N-dealkylation sites (tertiary alicyclic amines) is 2. The number of aromatic nitrogens is 6. The highest BCUT2D eigenvalue weighted by molar-refractivity contribution is 5.94. The quantitative estimate of drug-likeness (QED) is 0.119. The van der Waals surface area contributed by atoms with Crippen molar-refractivity contribution in [2.45, 2.75) is 45.3 Å². The van der Waals surface area contributed by atoms with Crippen LogP contribution in [-0.2, 0) is 6.54 Å². The Hall–Kier alpha value is -6.18. The van der Waals surface area contributed by atoms with Gasteiger partial charge in [0.15, 0.2) is 22.9 Å². The third-order valence-corrected chi connectivity index (χ3v) is 10.5. The summed E-state index contributed by atoms with van der Waals surface area (Å²) in [5.41, 5.74) is 5.05. The van der Waals surface area contributed by atoms with Crippen LogP contribution >= 0.6 is 0 Å². The number of aryl methyl sites for hydroxylation is 2. The molecular weight excluding hydrogens is 717 g/mol. The van der Waals surface area contributed by atoms with Crippen LogP contribution in [0.2, 0.25) is 0 Å². The van der Waals surface area contributed by atoms with Crippen molar-refractivity contribution in [2.75, 3.05) is 58.0 Å². The van der Waals surface area contributed by atoms with Crippen LogP contribution in [0.5, 0.6) is 28.7 Å². The monoisotopic (exact) mass is 766 g/mol. The number of nitrogens with zero attached hydrogens (tertiary/aromatic N) is 7. The molecule has 2 fully saturated rings. The summed E-state index contributed by atoms with van der Waals surface area (Å²) < 4.78 is 19.6. The lowest BCUT2D eigenvalue weighted by atomic mass is 10.2. The maximum Gasteiger partial charge on any atom is 0.164 e. The van der Waals surface area contributed by atoms with E-state index in [2.05, 4.69) is 80.7 Å². The van der Waals surface area contributed by atoms with E-state index in [0.717, 1.165) is 107 Å². The number of anilines is 2. The predicted molar refractivity (Wildman–Crippen MR) is 225 cm³/mol. The van der Waals surface area contributed by atoms with Gasteiger partial charge in [0.2, 0.25) is 0 Å². The van der Waals surface area contributed by atoms with Crippen molar-refractivity contribution in [2.24, 2.45) is 0 Å². The van der Waals surface area contributed by atoms with Gasteiger partial charge in [-0.3, -0.25) is 5.10 Å². The number of H-pyrrole nitrogens is 1. The van der Waals surface area contributed by atoms with Gasteiger partial charge in [0.1, 0.15) is 39.5 Å². The number of aromatic amines is 1. The molecule has 2 atom stereocenters. The number of nitrogens with one attached hydrogen (secondary N) is 3. The zero-order valence-corrected chi connectivity index (χ0v) is 33.2. The van der Waals surface area contributed by atoms with E-state index in [9.17, 15) is 0 Å². The zero-order valence-electron chi connectivity index (χ0n) is 33.2. The van der Waals surface area contributed by atoms with Crippen molar-refractivity contribution < 1.29 is 14.2 Å². The topological polar surface area (TPSA) is 131 Å². The molecule has 2 aliphatic rings. The number of methoxy groups -OCH3 is 1. The van der Waals surface area contributed by atoms with Crippen LogP contribution in [0.1, 0.15) is 29.5 Å². The predicted octanol–water partition coefficient (Wildman–Crippen LogP) is 7.88. The molecule has 0 saturated carbocycles. The summed E-state index contributed by atoms with van der Waals surface area (Å²) in [4.78, 5) is 13.7. The molecule has 0 amide bonds. The van der Waals surface area contributed by atoms with Gasteiger partial charge in [-0.25, -0.2) is 14.6 Å². The third-order valence-electron chi connectivity index (χ3n) is 10.5. The Morgan fingerprint density at radius 3 is 1.77 bits per heavy atom. The molecule has 0 unspecified atom stereocenters. The highest BCUT2D eigenvalue weighted by atomic mass is 16.5. The smallest absolute Gasteiger partial charge is 0.164 e. The van der Waals surface area contributed by atoms with Crippen LogP contribution in [0, 0.1) is 13.8 Å². The Labute approximate surface area is 333 Å². The molecular formula is C44H50N10O3. The van der Waals surface area contributed by atoms with Gasteiger partial charge in [-0.2, -0.15) is 10.2 Å². The molecule has 3 N–H and O–H groups in total. The van der Waals surface area contributed by atoms with Gasteiger partial charge in [-0.1, -0.05) is 47.5 Å². The Morgan fingerprint density at radius 1 is 0.667 bits per heavy atom. The Morgan fingerprint density at radius 2 is 1.21 bits per heavy atom. The number of rotatable bonds is 11. The lowest BCUT2D eigenvalue weighted by Gasteiger charge is -2.13. The second-order valence-electron chi connectivity index (χ2n) is 15.1. The number of fused-ring (bicyclic) bond motifs is 2. The van der Waals surface area contributed by atoms with Crippen molar-refractivity contribution in [3.05, 3.63) is 114 Å². The fourth-order valence-electron chi connectivity index (χ4n) is 7.34. The molecule has 9 rings (SSSR count). The van der Waals surface area contributed by atoms with E-state index < -0.39 is 0 Å². The van der Waals surface area contributed by atoms with E-state index in [4.69, 9.17) is 19.3 Å². The van der Waals surface area contributed by atoms with E-state index in [-0.39, 0.29) is 0 Å². The van der Waals surface area contributed by atoms with E-state index in [1.165, 1.54) is 11.1 Å². The number of pyridine rings is 2. The van der Waals surface area contributed by atoms with Gasteiger partial charge in [-0.15, -0.1) is 0 Å². The molecule has 0 radical (unpaired) electrons. The van der Waals surface area contributed by atoms with Gasteiger partial charge < -0.3 is 34.6 Å². The SMILES string of the molecule is COc1ccc(Cn2nc(N[C@@H]3CCN(C)C3)c3c(Oc4ccc(C)cc4)ccnc32)cc1.Cc1ccc(Oc2ccnc3[nH]nc(N[C@@H]4CCN(C)C4)c23)cc1. The first-order valence-electron chi connectivity index (χ1n) is 19.5. The minimum Gasteiger partial charge on any atom is -0.497 e. The average Bonchev–Trinajstić information content (AvgIpc) is 4.02. The first-order valence-corrected chi connectivity index (χ1v) is 19.5. The molecule has 7 aromatic rings. The van der Waals surface area contributed by atoms with Crippen molar-refractivity contribution >= 4 is 33.7 Å². The maximum absolute atomic E-state index is 6.31. The average molecular weight is 767 g/mol. The zero-order chi connectivity index (χ0) is 39.3. The first-order chi connectivity index (χ1) is 27.8. The molecule has 13 nitrogen and oxygen atoms in total. The normalized spacial score (nSPS) is 17.1. The van der Waals surface area contributed by atoms with Gasteiger partial charge in [0.25, 0.3) is 0 Å². The molecule has 13 heteroatoms. The van der Waals surface area contributed by atoms with Crippen LogP contribution in [0.3, 0.4) is 0 Å². The number of benzene rings is 3. The number of hydrogen-bond acceptors (Lipinski definition) is 11. The number of likely N-dealkylation sites (N-methyl/N-ethyl adjacent to an activating group) is 2. The molecule has 0 bridgehead atoms. The number of hydrogen-bond donors (Lipinski definition) is 3. The van der Waals surface area contributed by atoms with E-state index in [1.54, 1.807) is 19.5 Å². The number of ether oxygens (including phenoxy) is 3. The molecule has 3 aromatic carbocycles. The lowest BCUT2D eigenvalue weighted by Crippen LogP contribution is -2.23. The van der Waals surface area contributed by atoms with Crippen molar-refractivity contribution in [3.63, 3.8) is 0 Å². The van der Waals surface area contributed by atoms with E-state index in [0.29, 0.717) is 18.6 Å². The molecule has 4 aromatic heterocycles. The van der Waals surface area contributed by atoms with E-state index >= 15 is 0 Å². The van der Waals surface area contributed by atoms with Gasteiger partial charge in [-0.05, 0) is 95.8 Å². The second kappa shape index (κ2) is 16.9. The van der Waals surface area contributed by atoms with Crippen LogP contribution < -0.4 is 24.8 Å². The van der Waals surface area contributed by atoms with Gasteiger partial charge in [0, 0.05) is 49.7 Å². The highest BCUT2D eigenvalue weighted by Crippen LogP contribution is 2.36. The maximum atomic E-state index is 6.31. The van der Waals surface area contributed by atoms with Crippen LogP contribution in [-0.4, -0.2) is 99.2 Å². The van der Waals surface area contributed by atoms with Crippen molar-refractivity contribution in [1.82, 2.24) is 39.7 Å². The van der Waals surface area contributed by atoms with Crippen LogP contribution in [0.4, 0.5) is 11.6 Å². The molecule has 2 saturated heterocycles. The van der Waals surface area contributed by atoms with Gasteiger partial charge in [0.05, 0.1) is 13.7 Å². The molecule has 0 aliphatic carbocycles. The summed E-state index contributed by atoms with van der Waals surface area (Å²) in [6.45, 7) is 8.92. The summed E-state index contributed by atoms with van der Waals surface area (Å²) in [6, 6.07) is 28.7. The largest absolute Gasteiger partial charge is 0.497 e. The van der Waals surface area contributed by atoms with E-state index in [1.807, 2.05) is 77.5 Å². The third kappa shape index (κ3) is 8.95. The van der Waals surface area contributed by atoms with Crippen molar-refractivity contribution in [3.8, 4) is 28.7 Å². The standard InChI is InChI=1S/C26H29N5O2.C18H21N5O/c1-18-4-8-22(9-5-18)33-23-12-14-27-26-24(23)25(28-20-13-15-30(2)17-20)29-31(26)16-19-6-10-21(32-3)11-7-19;1-12-3-5-14(6-4-12)24-15-7-9-19-17-16(15)18(22-21-17)20-13-8-10-23(2)11-13/h4-12,14,20H,13,15-17H2,1-3H3,(H,28,29);3-7,9,13H,8,10-11H2,1-2H3,(H2,19,20,21,22)/t20-;13-/m11/s1. The Bertz CT molecular complexity index is 2410. The fraction of sp³-hybridized carbons (Fsp3) is 0.318. The highest BCUT2D eigenvalue weighted by Gasteiger charge is 2.25. The summed E-state index contributed by atoms with van der Waals surface area (Å²) in [6.07, 6.45) is 5.71. The fourth-order valence-corrected chi connectivity index (χ4v) is 7.34. The van der Waals surface area contributed by atoms with Gasteiger partial charge >= 0.3 is 0 Å². The molecule has 294 valence electrons. The summed E-state index contributed by atoms with van der Waals surface area (Å²) in [7, 11) is 5.96. The molecule has 6 heterocycles. The lowest BCUT2D eigenvalue weighted by molar-refractivity contribution is 0.414. The minimum absolute atomic E-state index is 0.343. The second-order valence-corrected chi connectivity index (χ2v) is 15.1. The van der Waals surface area contributed by atoms with Crippen LogP contribution in [0.15, 0.2) is 97.3 Å². The summed E-state index contributed by atoms with van der Waals surface area (Å²) in [5, 5.41) is 21.3. The van der Waals surface area contributed by atoms with Crippen LogP contribution in [0.25, 0.3) is 22.1 Å². The first kappa shape index (κ1) is 37.7. The molecule has 0 spiro atoms.